The van der Waals surface area contributed by atoms with Crippen molar-refractivity contribution in [2.45, 2.75) is 128 Å². The van der Waals surface area contributed by atoms with Gasteiger partial charge < -0.3 is 33.9 Å². The minimum absolute atomic E-state index is 0.0898. The zero-order valence-electron chi connectivity index (χ0n) is 25.2. The van der Waals surface area contributed by atoms with E-state index in [0.717, 1.165) is 50.5 Å². The first-order valence-corrected chi connectivity index (χ1v) is 15.7. The molecule has 6 rings (SSSR count). The molecule has 4 aliphatic carbocycles. The fraction of sp³-hybridized carbons (Fsp3) is 0.875. The summed E-state index contributed by atoms with van der Waals surface area (Å²) in [7, 11) is 1.62. The molecule has 1 unspecified atom stereocenters. The summed E-state index contributed by atoms with van der Waals surface area (Å²) in [6.45, 7) is 8.06. The van der Waals surface area contributed by atoms with Crippen LogP contribution in [0.4, 0.5) is 0 Å². The predicted octanol–water partition coefficient (Wildman–Crippen LogP) is 3.68. The third kappa shape index (κ3) is 4.69. The molecule has 2 heterocycles. The van der Waals surface area contributed by atoms with Gasteiger partial charge in [-0.3, -0.25) is 4.79 Å². The van der Waals surface area contributed by atoms with Crippen LogP contribution in [-0.4, -0.2) is 78.3 Å². The van der Waals surface area contributed by atoms with Crippen LogP contribution in [0.2, 0.25) is 0 Å². The largest absolute Gasteiger partial charge is 0.462 e. The smallest absolute Gasteiger partial charge is 0.331 e. The number of aliphatic hydroxyl groups is 2. The monoisotopic (exact) mass is 576 g/mol. The first kappa shape index (κ1) is 29.5. The number of fused-ring (bicyclic) bond motifs is 5. The number of hydrogen-bond acceptors (Lipinski definition) is 9. The molecule has 4 saturated carbocycles. The second kappa shape index (κ2) is 10.6. The quantitative estimate of drug-likeness (QED) is 0.373. The molecule has 2 N–H and O–H groups in total. The van der Waals surface area contributed by atoms with Crippen molar-refractivity contribution in [2.75, 3.05) is 13.7 Å². The number of ether oxygens (including phenoxy) is 5. The molecule has 13 atom stereocenters. The van der Waals surface area contributed by atoms with Crippen LogP contribution in [0.25, 0.3) is 0 Å². The van der Waals surface area contributed by atoms with E-state index in [1.807, 2.05) is 6.92 Å². The number of methoxy groups -OCH3 is 1. The summed E-state index contributed by atoms with van der Waals surface area (Å²) in [5.74, 6) is 0.0175. The maximum absolute atomic E-state index is 12.7. The molecule has 41 heavy (non-hydrogen) atoms. The van der Waals surface area contributed by atoms with Gasteiger partial charge in [-0.15, -0.1) is 0 Å². The third-order valence-corrected chi connectivity index (χ3v) is 12.5. The van der Waals surface area contributed by atoms with Crippen molar-refractivity contribution in [1.82, 2.24) is 0 Å². The number of cyclic esters (lactones) is 1. The van der Waals surface area contributed by atoms with Gasteiger partial charge in [0.05, 0.1) is 23.9 Å². The molecular weight excluding hydrogens is 528 g/mol. The summed E-state index contributed by atoms with van der Waals surface area (Å²) in [6.07, 6.45) is 7.14. The first-order chi connectivity index (χ1) is 19.4. The van der Waals surface area contributed by atoms with Gasteiger partial charge in [-0.05, 0) is 80.6 Å². The molecule has 230 valence electrons. The van der Waals surface area contributed by atoms with Gasteiger partial charge in [-0.1, -0.05) is 13.8 Å². The second-order valence-electron chi connectivity index (χ2n) is 14.3. The molecule has 0 aromatic heterocycles. The van der Waals surface area contributed by atoms with Crippen molar-refractivity contribution in [1.29, 1.82) is 0 Å². The zero-order valence-corrected chi connectivity index (χ0v) is 25.2. The Bertz CT molecular complexity index is 1080. The highest BCUT2D eigenvalue weighted by Gasteiger charge is 2.71. The Labute approximate surface area is 243 Å². The Morgan fingerprint density at radius 3 is 2.54 bits per heavy atom. The number of hydrogen-bond donors (Lipinski definition) is 2. The maximum atomic E-state index is 12.7. The van der Waals surface area contributed by atoms with E-state index in [1.54, 1.807) is 13.2 Å². The van der Waals surface area contributed by atoms with Crippen LogP contribution >= 0.6 is 0 Å². The number of carbonyl (C=O) groups excluding carboxylic acids is 2. The van der Waals surface area contributed by atoms with E-state index in [9.17, 15) is 19.8 Å². The zero-order chi connectivity index (χ0) is 29.3. The van der Waals surface area contributed by atoms with E-state index >= 15 is 0 Å². The molecule has 6 aliphatic rings. The lowest BCUT2D eigenvalue weighted by Gasteiger charge is -2.63. The molecule has 0 amide bonds. The van der Waals surface area contributed by atoms with Crippen LogP contribution < -0.4 is 0 Å². The van der Waals surface area contributed by atoms with Gasteiger partial charge in [0.1, 0.15) is 18.8 Å². The summed E-state index contributed by atoms with van der Waals surface area (Å²) in [5, 5.41) is 23.0. The fourth-order valence-electron chi connectivity index (χ4n) is 10.4. The van der Waals surface area contributed by atoms with Crippen LogP contribution in [0, 0.1) is 34.5 Å². The minimum Gasteiger partial charge on any atom is -0.462 e. The lowest BCUT2D eigenvalue weighted by Crippen LogP contribution is -2.62. The molecule has 1 saturated heterocycles. The summed E-state index contributed by atoms with van der Waals surface area (Å²) >= 11 is 0. The summed E-state index contributed by atoms with van der Waals surface area (Å²) in [4.78, 5) is 24.2. The number of aliphatic hydroxyl groups excluding tert-OH is 1. The fourth-order valence-corrected chi connectivity index (χ4v) is 10.4. The van der Waals surface area contributed by atoms with Crippen LogP contribution in [0.15, 0.2) is 11.6 Å². The van der Waals surface area contributed by atoms with Gasteiger partial charge in [-0.2, -0.15) is 0 Å². The van der Waals surface area contributed by atoms with E-state index in [1.165, 1.54) is 6.92 Å². The van der Waals surface area contributed by atoms with Gasteiger partial charge in [-0.25, -0.2) is 4.79 Å². The van der Waals surface area contributed by atoms with Crippen molar-refractivity contribution in [3.8, 4) is 0 Å². The standard InChI is InChI=1S/C32H48O9/c1-17-29(35)24(37-5)14-27(39-17)41-21-8-10-30(3)20(13-21)6-7-23-22(30)9-11-31(4)28(19-12-26(34)38-16-19)25(40-18(2)33)15-32(23,31)36/h12,17,20-25,27-29,35-36H,6-11,13-16H2,1-5H3/t17-,20+,21-,22?,23+,24-,25-,27-,28-,29-,30-,31+,32-/m0/s1. The number of carbonyl (C=O) groups is 2. The van der Waals surface area contributed by atoms with E-state index in [2.05, 4.69) is 13.8 Å². The molecule has 9 heteroatoms. The van der Waals surface area contributed by atoms with Crippen molar-refractivity contribution in [2.24, 2.45) is 34.5 Å². The lowest BCUT2D eigenvalue weighted by atomic mass is 9.43. The van der Waals surface area contributed by atoms with Gasteiger partial charge in [0.25, 0.3) is 0 Å². The highest BCUT2D eigenvalue weighted by Crippen LogP contribution is 2.70. The molecule has 0 aromatic carbocycles. The van der Waals surface area contributed by atoms with Gasteiger partial charge in [0.15, 0.2) is 6.29 Å². The molecule has 0 spiro atoms. The molecule has 0 bridgehead atoms. The van der Waals surface area contributed by atoms with E-state index < -0.39 is 23.2 Å². The van der Waals surface area contributed by atoms with E-state index in [-0.39, 0.29) is 60.4 Å². The Hall–Kier alpha value is -1.52. The topological polar surface area (TPSA) is 121 Å². The van der Waals surface area contributed by atoms with Crippen molar-refractivity contribution >= 4 is 11.9 Å². The normalized spacial score (nSPS) is 51.2. The van der Waals surface area contributed by atoms with Crippen molar-refractivity contribution in [3.05, 3.63) is 11.6 Å². The molecule has 0 aromatic rings. The highest BCUT2D eigenvalue weighted by molar-refractivity contribution is 5.85. The molecular formula is C32H48O9. The van der Waals surface area contributed by atoms with Gasteiger partial charge in [0, 0.05) is 44.3 Å². The van der Waals surface area contributed by atoms with Crippen LogP contribution in [0.3, 0.4) is 0 Å². The SMILES string of the molecule is CO[C@H]1C[C@H](O[C@H]2CC[C@]3(C)C4CC[C@]5(C)[C@@H](C6=CC(=O)OC6)[C@@H](OC(C)=O)C[C@]5(O)[C@@H]4CC[C@@H]3C2)O[C@@H](C)[C@@H]1O. The van der Waals surface area contributed by atoms with E-state index in [0.29, 0.717) is 24.7 Å². The van der Waals surface area contributed by atoms with Crippen LogP contribution in [0.1, 0.15) is 85.5 Å². The Balaban J connectivity index is 1.19. The molecule has 5 fully saturated rings. The van der Waals surface area contributed by atoms with Crippen LogP contribution in [0.5, 0.6) is 0 Å². The Kier molecular flexibility index (Phi) is 7.62. The average Bonchev–Trinajstić information content (AvgIpc) is 3.42. The average molecular weight is 577 g/mol. The van der Waals surface area contributed by atoms with Crippen molar-refractivity contribution < 1.29 is 43.5 Å². The summed E-state index contributed by atoms with van der Waals surface area (Å²) < 4.78 is 29.1. The Morgan fingerprint density at radius 2 is 1.85 bits per heavy atom. The first-order valence-electron chi connectivity index (χ1n) is 15.7. The minimum atomic E-state index is -0.990. The molecule has 0 radical (unpaired) electrons. The number of rotatable bonds is 5. The summed E-state index contributed by atoms with van der Waals surface area (Å²) in [6, 6.07) is 0. The predicted molar refractivity (Wildman–Crippen MR) is 147 cm³/mol. The van der Waals surface area contributed by atoms with Gasteiger partial charge >= 0.3 is 11.9 Å². The summed E-state index contributed by atoms with van der Waals surface area (Å²) in [5.41, 5.74) is -0.559. The van der Waals surface area contributed by atoms with E-state index in [4.69, 9.17) is 23.7 Å². The maximum Gasteiger partial charge on any atom is 0.331 e. The third-order valence-electron chi connectivity index (χ3n) is 12.5. The van der Waals surface area contributed by atoms with Gasteiger partial charge in [0.2, 0.25) is 0 Å². The highest BCUT2D eigenvalue weighted by atomic mass is 16.7. The molecule has 9 nitrogen and oxygen atoms in total. The lowest BCUT2D eigenvalue weighted by molar-refractivity contribution is -0.273. The number of esters is 2. The van der Waals surface area contributed by atoms with Crippen LogP contribution in [-0.2, 0) is 33.3 Å². The van der Waals surface area contributed by atoms with Crippen molar-refractivity contribution in [3.63, 3.8) is 0 Å². The molecule has 2 aliphatic heterocycles. The Morgan fingerprint density at radius 1 is 1.07 bits per heavy atom. The second-order valence-corrected chi connectivity index (χ2v) is 14.3.